The van der Waals surface area contributed by atoms with E-state index in [4.69, 9.17) is 0 Å². The molecule has 0 aliphatic heterocycles. The minimum Gasteiger partial charge on any atom is -0.477 e. The zero-order chi connectivity index (χ0) is 19.4. The third-order valence-electron chi connectivity index (χ3n) is 4.34. The number of carbonyl (C=O) groups is 1. The van der Waals surface area contributed by atoms with Crippen molar-refractivity contribution >= 4 is 23.3 Å². The standard InChI is InChI=1S/C24H22O2S/c1-16-4-10-19(11-5-16)22(20-12-6-17(2)7-13-20)23(24(25)26)27-21-14-8-18(3)9-15-21/h4-15H,1-3H3,(H,25,26). The van der Waals surface area contributed by atoms with E-state index in [-0.39, 0.29) is 0 Å². The molecule has 0 atom stereocenters. The van der Waals surface area contributed by atoms with Crippen LogP contribution in [-0.2, 0) is 4.79 Å². The quantitative estimate of drug-likeness (QED) is 0.424. The molecule has 1 N–H and O–H groups in total. The van der Waals surface area contributed by atoms with Crippen LogP contribution >= 0.6 is 11.8 Å². The predicted molar refractivity (Wildman–Crippen MR) is 113 cm³/mol. The van der Waals surface area contributed by atoms with Crippen molar-refractivity contribution < 1.29 is 9.90 Å². The number of aliphatic carboxylic acids is 1. The van der Waals surface area contributed by atoms with Gasteiger partial charge in [0, 0.05) is 10.5 Å². The topological polar surface area (TPSA) is 37.3 Å². The fourth-order valence-corrected chi connectivity index (χ4v) is 3.73. The highest BCUT2D eigenvalue weighted by atomic mass is 32.2. The van der Waals surface area contributed by atoms with Crippen LogP contribution < -0.4 is 0 Å². The second-order valence-corrected chi connectivity index (χ2v) is 7.74. The molecule has 0 amide bonds. The Hall–Kier alpha value is -2.78. The fourth-order valence-electron chi connectivity index (χ4n) is 2.80. The molecule has 0 saturated heterocycles. The van der Waals surface area contributed by atoms with Crippen LogP contribution in [0.3, 0.4) is 0 Å². The summed E-state index contributed by atoms with van der Waals surface area (Å²) in [4.78, 5) is 13.5. The highest BCUT2D eigenvalue weighted by Gasteiger charge is 2.19. The first kappa shape index (κ1) is 19.0. The number of carboxylic acids is 1. The van der Waals surface area contributed by atoms with Crippen LogP contribution in [-0.4, -0.2) is 11.1 Å². The third-order valence-corrected chi connectivity index (χ3v) is 5.43. The van der Waals surface area contributed by atoms with Gasteiger partial charge in [-0.2, -0.15) is 0 Å². The first-order chi connectivity index (χ1) is 12.9. The molecule has 0 radical (unpaired) electrons. The summed E-state index contributed by atoms with van der Waals surface area (Å²) in [7, 11) is 0. The Morgan fingerprint density at radius 1 is 0.667 bits per heavy atom. The largest absolute Gasteiger partial charge is 0.477 e. The molecule has 0 spiro atoms. The van der Waals surface area contributed by atoms with Crippen molar-refractivity contribution in [2.45, 2.75) is 25.7 Å². The Bertz CT molecular complexity index is 919. The van der Waals surface area contributed by atoms with E-state index in [0.717, 1.165) is 38.3 Å². The van der Waals surface area contributed by atoms with E-state index in [1.165, 1.54) is 11.8 Å². The van der Waals surface area contributed by atoms with Gasteiger partial charge in [-0.3, -0.25) is 0 Å². The number of rotatable bonds is 5. The molecule has 0 heterocycles. The maximum absolute atomic E-state index is 12.2. The zero-order valence-corrected chi connectivity index (χ0v) is 16.5. The van der Waals surface area contributed by atoms with Gasteiger partial charge in [-0.05, 0) is 44.0 Å². The normalized spacial score (nSPS) is 10.5. The maximum Gasteiger partial charge on any atom is 0.343 e. The van der Waals surface area contributed by atoms with E-state index in [2.05, 4.69) is 0 Å². The summed E-state index contributed by atoms with van der Waals surface area (Å²) in [6, 6.07) is 23.9. The van der Waals surface area contributed by atoms with Gasteiger partial charge in [0.15, 0.2) is 0 Å². The van der Waals surface area contributed by atoms with Crippen molar-refractivity contribution in [3.63, 3.8) is 0 Å². The Labute approximate surface area is 164 Å². The number of benzene rings is 3. The molecule has 3 rings (SSSR count). The fraction of sp³-hybridized carbons (Fsp3) is 0.125. The minimum absolute atomic E-state index is 0.326. The Morgan fingerprint density at radius 3 is 1.41 bits per heavy atom. The smallest absolute Gasteiger partial charge is 0.343 e. The molecular formula is C24H22O2S. The summed E-state index contributed by atoms with van der Waals surface area (Å²) in [5.41, 5.74) is 5.99. The molecule has 0 fully saturated rings. The van der Waals surface area contributed by atoms with Gasteiger partial charge in [-0.25, -0.2) is 4.79 Å². The SMILES string of the molecule is Cc1ccc(SC(C(=O)O)=C(c2ccc(C)cc2)c2ccc(C)cc2)cc1. The first-order valence-corrected chi connectivity index (χ1v) is 9.62. The minimum atomic E-state index is -0.920. The lowest BCUT2D eigenvalue weighted by Gasteiger charge is -2.14. The van der Waals surface area contributed by atoms with Crippen molar-refractivity contribution in [1.29, 1.82) is 0 Å². The number of thioether (sulfide) groups is 1. The predicted octanol–water partition coefficient (Wildman–Crippen LogP) is 6.25. The number of carboxylic acid groups (broad SMARTS) is 1. The van der Waals surface area contributed by atoms with E-state index in [9.17, 15) is 9.90 Å². The van der Waals surface area contributed by atoms with Gasteiger partial charge in [0.05, 0.1) is 0 Å². The lowest BCUT2D eigenvalue weighted by Crippen LogP contribution is -2.03. The molecule has 0 saturated carbocycles. The van der Waals surface area contributed by atoms with E-state index in [1.807, 2.05) is 93.6 Å². The first-order valence-electron chi connectivity index (χ1n) is 8.80. The summed E-state index contributed by atoms with van der Waals surface area (Å²) in [5.74, 6) is -0.920. The molecule has 3 heteroatoms. The summed E-state index contributed by atoms with van der Waals surface area (Å²) in [6.07, 6.45) is 0. The molecule has 0 aromatic heterocycles. The van der Waals surface area contributed by atoms with E-state index >= 15 is 0 Å². The van der Waals surface area contributed by atoms with Crippen molar-refractivity contribution in [1.82, 2.24) is 0 Å². The highest BCUT2D eigenvalue weighted by molar-refractivity contribution is 8.04. The average Bonchev–Trinajstić information content (AvgIpc) is 2.65. The van der Waals surface area contributed by atoms with E-state index in [0.29, 0.717) is 4.91 Å². The van der Waals surface area contributed by atoms with E-state index < -0.39 is 5.97 Å². The van der Waals surface area contributed by atoms with Crippen molar-refractivity contribution in [3.8, 4) is 0 Å². The molecule has 0 bridgehead atoms. The summed E-state index contributed by atoms with van der Waals surface area (Å²) >= 11 is 1.29. The van der Waals surface area contributed by atoms with Gasteiger partial charge < -0.3 is 5.11 Å². The number of hydrogen-bond donors (Lipinski definition) is 1. The average molecular weight is 375 g/mol. The molecule has 136 valence electrons. The van der Waals surface area contributed by atoms with Crippen LogP contribution in [0.4, 0.5) is 0 Å². The Morgan fingerprint density at radius 2 is 1.04 bits per heavy atom. The summed E-state index contributed by atoms with van der Waals surface area (Å²) in [6.45, 7) is 6.07. The monoisotopic (exact) mass is 374 g/mol. The van der Waals surface area contributed by atoms with Gasteiger partial charge in [0.25, 0.3) is 0 Å². The van der Waals surface area contributed by atoms with Crippen molar-refractivity contribution in [3.05, 3.63) is 106 Å². The molecule has 0 unspecified atom stereocenters. The van der Waals surface area contributed by atoms with Crippen LogP contribution in [0.25, 0.3) is 5.57 Å². The van der Waals surface area contributed by atoms with Gasteiger partial charge in [0.2, 0.25) is 0 Å². The molecule has 3 aromatic carbocycles. The summed E-state index contributed by atoms with van der Waals surface area (Å²) in [5, 5.41) is 10.0. The van der Waals surface area contributed by atoms with Gasteiger partial charge in [-0.15, -0.1) is 0 Å². The molecule has 2 nitrogen and oxygen atoms in total. The van der Waals surface area contributed by atoms with Crippen molar-refractivity contribution in [2.75, 3.05) is 0 Å². The van der Waals surface area contributed by atoms with Gasteiger partial charge in [-0.1, -0.05) is 89.1 Å². The molecule has 0 aliphatic rings. The molecule has 0 aliphatic carbocycles. The van der Waals surface area contributed by atoms with Crippen LogP contribution in [0, 0.1) is 20.8 Å². The number of aryl methyl sites for hydroxylation is 3. The van der Waals surface area contributed by atoms with Crippen LogP contribution in [0.2, 0.25) is 0 Å². The maximum atomic E-state index is 12.2. The molecule has 27 heavy (non-hydrogen) atoms. The lowest BCUT2D eigenvalue weighted by atomic mass is 9.96. The van der Waals surface area contributed by atoms with Crippen LogP contribution in [0.5, 0.6) is 0 Å². The second kappa shape index (κ2) is 8.28. The van der Waals surface area contributed by atoms with Gasteiger partial charge in [0.1, 0.15) is 4.91 Å². The van der Waals surface area contributed by atoms with Crippen LogP contribution in [0.1, 0.15) is 27.8 Å². The Kier molecular flexibility index (Phi) is 5.82. The molecular weight excluding hydrogens is 352 g/mol. The second-order valence-electron chi connectivity index (χ2n) is 6.66. The Balaban J connectivity index is 2.19. The van der Waals surface area contributed by atoms with E-state index in [1.54, 1.807) is 0 Å². The lowest BCUT2D eigenvalue weighted by molar-refractivity contribution is -0.131. The summed E-state index contributed by atoms with van der Waals surface area (Å²) < 4.78 is 0. The van der Waals surface area contributed by atoms with Gasteiger partial charge >= 0.3 is 5.97 Å². The molecule has 3 aromatic rings. The highest BCUT2D eigenvalue weighted by Crippen LogP contribution is 2.37. The van der Waals surface area contributed by atoms with Crippen LogP contribution in [0.15, 0.2) is 82.6 Å². The van der Waals surface area contributed by atoms with Crippen molar-refractivity contribution in [2.24, 2.45) is 0 Å². The zero-order valence-electron chi connectivity index (χ0n) is 15.7. The third kappa shape index (κ3) is 4.69. The number of hydrogen-bond acceptors (Lipinski definition) is 2.